The average Bonchev–Trinajstić information content (AvgIpc) is 2.63. The molecular weight excluding hydrogens is 330 g/mol. The van der Waals surface area contributed by atoms with Crippen LogP contribution in [0.25, 0.3) is 0 Å². The van der Waals surface area contributed by atoms with E-state index in [1.165, 1.54) is 10.4 Å². The lowest BCUT2D eigenvalue weighted by atomic mass is 9.98. The van der Waals surface area contributed by atoms with Gasteiger partial charge in [0.1, 0.15) is 0 Å². The van der Waals surface area contributed by atoms with Crippen molar-refractivity contribution in [2.45, 2.75) is 26.8 Å². The van der Waals surface area contributed by atoms with Crippen molar-refractivity contribution in [2.75, 3.05) is 0 Å². The van der Waals surface area contributed by atoms with E-state index in [1.54, 1.807) is 11.3 Å². The molecule has 0 aliphatic heterocycles. The molecule has 1 heterocycles. The van der Waals surface area contributed by atoms with Crippen molar-refractivity contribution in [3.8, 4) is 0 Å². The van der Waals surface area contributed by atoms with Crippen LogP contribution in [0.2, 0.25) is 5.02 Å². The third kappa shape index (κ3) is 2.64. The predicted octanol–water partition coefficient (Wildman–Crippen LogP) is 5.14. The molecule has 0 saturated heterocycles. The summed E-state index contributed by atoms with van der Waals surface area (Å²) < 4.78 is 1.15. The summed E-state index contributed by atoms with van der Waals surface area (Å²) in [6, 6.07) is 6.13. The molecule has 18 heavy (non-hydrogen) atoms. The van der Waals surface area contributed by atoms with Crippen LogP contribution in [-0.4, -0.2) is 0 Å². The highest BCUT2D eigenvalue weighted by Crippen LogP contribution is 2.35. The molecule has 1 atom stereocenters. The summed E-state index contributed by atoms with van der Waals surface area (Å²) in [6.45, 7) is 6.14. The zero-order valence-electron chi connectivity index (χ0n) is 10.6. The molecular formula is C14H15BrClNS. The molecule has 0 saturated carbocycles. The van der Waals surface area contributed by atoms with Gasteiger partial charge in [-0.1, -0.05) is 17.7 Å². The molecule has 2 aromatic rings. The molecule has 2 rings (SSSR count). The Labute approximate surface area is 125 Å². The van der Waals surface area contributed by atoms with Gasteiger partial charge < -0.3 is 5.73 Å². The maximum Gasteiger partial charge on any atom is 0.0731 e. The summed E-state index contributed by atoms with van der Waals surface area (Å²) in [7, 11) is 0. The lowest BCUT2D eigenvalue weighted by molar-refractivity contribution is 0.879. The first-order chi connectivity index (χ1) is 8.40. The van der Waals surface area contributed by atoms with Crippen molar-refractivity contribution in [1.82, 2.24) is 0 Å². The quantitative estimate of drug-likeness (QED) is 0.802. The van der Waals surface area contributed by atoms with Gasteiger partial charge in [0.25, 0.3) is 0 Å². The third-order valence-corrected chi connectivity index (χ3v) is 5.69. The van der Waals surface area contributed by atoms with E-state index in [0.29, 0.717) is 0 Å². The first-order valence-electron chi connectivity index (χ1n) is 5.68. The second-order valence-corrected chi connectivity index (χ2v) is 7.35. The molecule has 1 unspecified atom stereocenters. The minimum Gasteiger partial charge on any atom is -0.320 e. The predicted molar refractivity (Wildman–Crippen MR) is 83.7 cm³/mol. The van der Waals surface area contributed by atoms with Gasteiger partial charge in [-0.3, -0.25) is 0 Å². The van der Waals surface area contributed by atoms with E-state index in [1.807, 2.05) is 13.0 Å². The van der Waals surface area contributed by atoms with E-state index >= 15 is 0 Å². The summed E-state index contributed by atoms with van der Waals surface area (Å²) in [5, 5.41) is 0.798. The second kappa shape index (κ2) is 5.33. The van der Waals surface area contributed by atoms with Gasteiger partial charge in [0, 0.05) is 9.90 Å². The molecule has 1 aromatic heterocycles. The zero-order chi connectivity index (χ0) is 13.4. The molecule has 96 valence electrons. The number of rotatable bonds is 2. The fourth-order valence-electron chi connectivity index (χ4n) is 1.93. The maximum atomic E-state index is 6.36. The lowest BCUT2D eigenvalue weighted by Crippen LogP contribution is -2.12. The largest absolute Gasteiger partial charge is 0.320 e. The topological polar surface area (TPSA) is 26.0 Å². The molecule has 0 fully saturated rings. The van der Waals surface area contributed by atoms with Crippen LogP contribution in [0.1, 0.15) is 33.2 Å². The van der Waals surface area contributed by atoms with Crippen molar-refractivity contribution >= 4 is 38.9 Å². The van der Waals surface area contributed by atoms with E-state index in [0.717, 1.165) is 25.5 Å². The smallest absolute Gasteiger partial charge is 0.0731 e. The van der Waals surface area contributed by atoms with Crippen molar-refractivity contribution < 1.29 is 0 Å². The van der Waals surface area contributed by atoms with Crippen molar-refractivity contribution in [3.63, 3.8) is 0 Å². The SMILES string of the molecule is Cc1cc(C(N)c2cc(C)c(Br)s2)c(C)cc1Cl. The number of thiophene rings is 1. The van der Waals surface area contributed by atoms with Crippen molar-refractivity contribution in [3.05, 3.63) is 54.1 Å². The number of aryl methyl sites for hydroxylation is 3. The van der Waals surface area contributed by atoms with Crippen LogP contribution in [-0.2, 0) is 0 Å². The molecule has 1 nitrogen and oxygen atoms in total. The summed E-state index contributed by atoms with van der Waals surface area (Å²) in [4.78, 5) is 1.17. The van der Waals surface area contributed by atoms with Crippen LogP contribution in [0.15, 0.2) is 22.0 Å². The summed E-state index contributed by atoms with van der Waals surface area (Å²) in [5.41, 5.74) is 10.9. The van der Waals surface area contributed by atoms with E-state index in [-0.39, 0.29) is 6.04 Å². The fraction of sp³-hybridized carbons (Fsp3) is 0.286. The van der Waals surface area contributed by atoms with Crippen molar-refractivity contribution in [2.24, 2.45) is 5.73 Å². The highest BCUT2D eigenvalue weighted by Gasteiger charge is 2.16. The van der Waals surface area contributed by atoms with Gasteiger partial charge in [-0.05, 0) is 71.1 Å². The Kier molecular flexibility index (Phi) is 4.17. The van der Waals surface area contributed by atoms with Crippen LogP contribution in [0.3, 0.4) is 0 Å². The molecule has 1 aromatic carbocycles. The summed E-state index contributed by atoms with van der Waals surface area (Å²) in [5.74, 6) is 0. The summed E-state index contributed by atoms with van der Waals surface area (Å²) >= 11 is 11.4. The first-order valence-corrected chi connectivity index (χ1v) is 7.67. The molecule has 2 N–H and O–H groups in total. The Bertz CT molecular complexity index is 572. The van der Waals surface area contributed by atoms with Gasteiger partial charge in [0.2, 0.25) is 0 Å². The Morgan fingerprint density at radius 1 is 1.11 bits per heavy atom. The zero-order valence-corrected chi connectivity index (χ0v) is 13.7. The van der Waals surface area contributed by atoms with Crippen LogP contribution in [0, 0.1) is 20.8 Å². The number of benzene rings is 1. The molecule has 0 aliphatic carbocycles. The Hall–Kier alpha value is -0.350. The highest BCUT2D eigenvalue weighted by atomic mass is 79.9. The van der Waals surface area contributed by atoms with Gasteiger partial charge in [0.15, 0.2) is 0 Å². The molecule has 4 heteroatoms. The van der Waals surface area contributed by atoms with E-state index in [4.69, 9.17) is 17.3 Å². The van der Waals surface area contributed by atoms with Crippen LogP contribution < -0.4 is 5.73 Å². The molecule has 0 amide bonds. The molecule has 0 radical (unpaired) electrons. The minimum atomic E-state index is -0.0871. The van der Waals surface area contributed by atoms with Gasteiger partial charge in [0.05, 0.1) is 9.83 Å². The van der Waals surface area contributed by atoms with Gasteiger partial charge in [-0.25, -0.2) is 0 Å². The fourth-order valence-corrected chi connectivity index (χ4v) is 3.74. The third-order valence-electron chi connectivity index (χ3n) is 3.07. The van der Waals surface area contributed by atoms with Crippen molar-refractivity contribution in [1.29, 1.82) is 0 Å². The van der Waals surface area contributed by atoms with Gasteiger partial charge in [-0.2, -0.15) is 0 Å². The number of halogens is 2. The van der Waals surface area contributed by atoms with Gasteiger partial charge >= 0.3 is 0 Å². The highest BCUT2D eigenvalue weighted by molar-refractivity contribution is 9.11. The Balaban J connectivity index is 2.45. The van der Waals surface area contributed by atoms with Crippen LogP contribution in [0.4, 0.5) is 0 Å². The lowest BCUT2D eigenvalue weighted by Gasteiger charge is -2.15. The van der Waals surface area contributed by atoms with Crippen LogP contribution >= 0.6 is 38.9 Å². The van der Waals surface area contributed by atoms with E-state index < -0.39 is 0 Å². The monoisotopic (exact) mass is 343 g/mol. The molecule has 0 bridgehead atoms. The van der Waals surface area contributed by atoms with Gasteiger partial charge in [-0.15, -0.1) is 11.3 Å². The summed E-state index contributed by atoms with van der Waals surface area (Å²) in [6.07, 6.45) is 0. The van der Waals surface area contributed by atoms with E-state index in [9.17, 15) is 0 Å². The average molecular weight is 345 g/mol. The number of hydrogen-bond donors (Lipinski definition) is 1. The molecule has 0 aliphatic rings. The molecule has 0 spiro atoms. The standard InChI is InChI=1S/C14H15BrClNS/c1-7-5-11(16)8(2)4-10(7)13(17)12-6-9(3)14(15)18-12/h4-6,13H,17H2,1-3H3. The number of hydrogen-bond acceptors (Lipinski definition) is 2. The number of nitrogens with two attached hydrogens (primary N) is 1. The normalized spacial score (nSPS) is 12.8. The first kappa shape index (κ1) is 14.1. The Morgan fingerprint density at radius 2 is 1.78 bits per heavy atom. The maximum absolute atomic E-state index is 6.36. The Morgan fingerprint density at radius 3 is 2.33 bits per heavy atom. The van der Waals surface area contributed by atoms with Crippen LogP contribution in [0.5, 0.6) is 0 Å². The minimum absolute atomic E-state index is 0.0871. The second-order valence-electron chi connectivity index (χ2n) is 4.54. The van der Waals surface area contributed by atoms with E-state index in [2.05, 4.69) is 41.9 Å².